The van der Waals surface area contributed by atoms with Gasteiger partial charge in [-0.15, -0.1) is 0 Å². The van der Waals surface area contributed by atoms with Crippen LogP contribution < -0.4 is 10.1 Å². The van der Waals surface area contributed by atoms with Gasteiger partial charge in [0.2, 0.25) is 0 Å². The second-order valence-electron chi connectivity index (χ2n) is 3.72. The van der Waals surface area contributed by atoms with E-state index in [1.165, 1.54) is 24.4 Å². The number of alkyl halides is 2. The van der Waals surface area contributed by atoms with Crippen molar-refractivity contribution in [1.29, 1.82) is 0 Å². The van der Waals surface area contributed by atoms with Gasteiger partial charge in [-0.2, -0.15) is 8.78 Å². The molecule has 0 aliphatic rings. The highest BCUT2D eigenvalue weighted by molar-refractivity contribution is 9.10. The number of pyridine rings is 1. The Kier molecular flexibility index (Phi) is 4.62. The molecule has 0 unspecified atom stereocenters. The maximum atomic E-state index is 12.1. The smallest absolute Gasteiger partial charge is 0.387 e. The average Bonchev–Trinajstić information content (AvgIpc) is 2.39. The molecule has 2 aromatic rings. The fourth-order valence-corrected chi connectivity index (χ4v) is 1.69. The summed E-state index contributed by atoms with van der Waals surface area (Å²) in [5, 5.41) is 2.55. The number of nitrogens with zero attached hydrogens (tertiary/aromatic N) is 1. The van der Waals surface area contributed by atoms with Gasteiger partial charge < -0.3 is 10.1 Å². The molecule has 0 saturated heterocycles. The van der Waals surface area contributed by atoms with E-state index >= 15 is 0 Å². The Bertz CT molecular complexity index is 606. The molecule has 0 saturated carbocycles. The van der Waals surface area contributed by atoms with Crippen LogP contribution in [0.5, 0.6) is 5.75 Å². The first kappa shape index (κ1) is 14.4. The Balaban J connectivity index is 2.09. The molecule has 1 aromatic carbocycles. The molecule has 0 bridgehead atoms. The Morgan fingerprint density at radius 3 is 2.75 bits per heavy atom. The molecule has 0 aliphatic heterocycles. The van der Waals surface area contributed by atoms with E-state index in [2.05, 4.69) is 31.0 Å². The number of aromatic nitrogens is 1. The summed E-state index contributed by atoms with van der Waals surface area (Å²) in [5.41, 5.74) is 0.561. The van der Waals surface area contributed by atoms with Gasteiger partial charge in [0.15, 0.2) is 0 Å². The average molecular weight is 343 g/mol. The molecule has 20 heavy (non-hydrogen) atoms. The first-order valence-corrected chi connectivity index (χ1v) is 6.31. The van der Waals surface area contributed by atoms with Gasteiger partial charge in [-0.05, 0) is 40.2 Å². The molecule has 1 amide bonds. The first-order valence-electron chi connectivity index (χ1n) is 5.52. The minimum atomic E-state index is -2.91. The van der Waals surface area contributed by atoms with Crippen LogP contribution in [0.4, 0.5) is 14.5 Å². The summed E-state index contributed by atoms with van der Waals surface area (Å²) in [7, 11) is 0. The highest BCUT2D eigenvalue weighted by Gasteiger charge is 2.09. The summed E-state index contributed by atoms with van der Waals surface area (Å²) in [6, 6.07) is 8.97. The van der Waals surface area contributed by atoms with Crippen molar-refractivity contribution in [2.45, 2.75) is 6.61 Å². The second kappa shape index (κ2) is 6.42. The third-order valence-electron chi connectivity index (χ3n) is 2.28. The van der Waals surface area contributed by atoms with Crippen LogP contribution in [0.25, 0.3) is 0 Å². The second-order valence-corrected chi connectivity index (χ2v) is 4.64. The molecule has 1 heterocycles. The number of hydrogen-bond acceptors (Lipinski definition) is 3. The lowest BCUT2D eigenvalue weighted by molar-refractivity contribution is -0.0497. The number of halogens is 3. The maximum Gasteiger partial charge on any atom is 0.387 e. The van der Waals surface area contributed by atoms with Gasteiger partial charge in [0.1, 0.15) is 11.4 Å². The van der Waals surface area contributed by atoms with E-state index in [9.17, 15) is 13.6 Å². The summed E-state index contributed by atoms with van der Waals surface area (Å²) in [5.74, 6) is -0.465. The van der Waals surface area contributed by atoms with Crippen LogP contribution in [0.2, 0.25) is 0 Å². The maximum absolute atomic E-state index is 12.1. The fourth-order valence-electron chi connectivity index (χ4n) is 1.46. The number of carbonyl (C=O) groups excluding carboxylic acids is 1. The Hall–Kier alpha value is -2.02. The van der Waals surface area contributed by atoms with E-state index in [4.69, 9.17) is 0 Å². The predicted octanol–water partition coefficient (Wildman–Crippen LogP) is 3.70. The zero-order valence-electron chi connectivity index (χ0n) is 10.0. The topological polar surface area (TPSA) is 51.2 Å². The fraction of sp³-hybridized carbons (Fsp3) is 0.0769. The van der Waals surface area contributed by atoms with Crippen LogP contribution in [-0.4, -0.2) is 17.5 Å². The third-order valence-corrected chi connectivity index (χ3v) is 2.75. The highest BCUT2D eigenvalue weighted by atomic mass is 79.9. The molecular formula is C13H9BrF2N2O2. The van der Waals surface area contributed by atoms with Gasteiger partial charge in [-0.1, -0.05) is 6.07 Å². The van der Waals surface area contributed by atoms with E-state index in [0.29, 0.717) is 5.69 Å². The molecule has 2 rings (SSSR count). The molecule has 104 valence electrons. The molecule has 1 N–H and O–H groups in total. The van der Waals surface area contributed by atoms with Crippen LogP contribution >= 0.6 is 15.9 Å². The van der Waals surface area contributed by atoms with Gasteiger partial charge in [-0.25, -0.2) is 4.98 Å². The predicted molar refractivity (Wildman–Crippen MR) is 73.0 cm³/mol. The number of rotatable bonds is 4. The molecule has 0 fully saturated rings. The van der Waals surface area contributed by atoms with Crippen LogP contribution in [0.3, 0.4) is 0 Å². The van der Waals surface area contributed by atoms with Crippen molar-refractivity contribution in [3.8, 4) is 5.75 Å². The number of amides is 1. The largest absolute Gasteiger partial charge is 0.435 e. The minimum absolute atomic E-state index is 0.0263. The number of nitrogens with one attached hydrogen (secondary N) is 1. The lowest BCUT2D eigenvalue weighted by Crippen LogP contribution is -2.13. The standard InChI is InChI=1S/C13H9BrF2N2O2/c14-8-4-5-11(17-7-8)12(19)18-9-2-1-3-10(6-9)20-13(15)16/h1-7,13H,(H,18,19). The molecule has 0 spiro atoms. The zero-order chi connectivity index (χ0) is 14.5. The number of hydrogen-bond donors (Lipinski definition) is 1. The molecule has 4 nitrogen and oxygen atoms in total. The lowest BCUT2D eigenvalue weighted by Gasteiger charge is -2.08. The zero-order valence-corrected chi connectivity index (χ0v) is 11.6. The first-order chi connectivity index (χ1) is 9.54. The van der Waals surface area contributed by atoms with E-state index < -0.39 is 12.5 Å². The molecule has 0 atom stereocenters. The number of anilines is 1. The van der Waals surface area contributed by atoms with Crippen LogP contribution in [-0.2, 0) is 0 Å². The molecular weight excluding hydrogens is 334 g/mol. The van der Waals surface area contributed by atoms with Gasteiger partial charge in [0.05, 0.1) is 0 Å². The summed E-state index contributed by atoms with van der Waals surface area (Å²) in [6.45, 7) is -2.91. The van der Waals surface area contributed by atoms with Crippen molar-refractivity contribution in [1.82, 2.24) is 4.98 Å². The monoisotopic (exact) mass is 342 g/mol. The quantitative estimate of drug-likeness (QED) is 0.921. The Morgan fingerprint density at radius 1 is 1.30 bits per heavy atom. The Morgan fingerprint density at radius 2 is 2.10 bits per heavy atom. The van der Waals surface area contributed by atoms with Gasteiger partial charge >= 0.3 is 6.61 Å². The van der Waals surface area contributed by atoms with Crippen molar-refractivity contribution in [2.75, 3.05) is 5.32 Å². The highest BCUT2D eigenvalue weighted by Crippen LogP contribution is 2.19. The molecule has 7 heteroatoms. The third kappa shape index (κ3) is 3.99. The van der Waals surface area contributed by atoms with Gasteiger partial charge in [-0.3, -0.25) is 4.79 Å². The SMILES string of the molecule is O=C(Nc1cccc(OC(F)F)c1)c1ccc(Br)cn1. The molecule has 0 radical (unpaired) electrons. The van der Waals surface area contributed by atoms with Gasteiger partial charge in [0.25, 0.3) is 5.91 Å². The van der Waals surface area contributed by atoms with Crippen molar-refractivity contribution in [2.24, 2.45) is 0 Å². The normalized spacial score (nSPS) is 10.4. The van der Waals surface area contributed by atoms with Crippen LogP contribution in [0.15, 0.2) is 47.1 Å². The van der Waals surface area contributed by atoms with E-state index in [1.807, 2.05) is 0 Å². The number of benzene rings is 1. The summed E-state index contributed by atoms with van der Waals surface area (Å²) in [6.07, 6.45) is 1.49. The summed E-state index contributed by atoms with van der Waals surface area (Å²) >= 11 is 3.21. The van der Waals surface area contributed by atoms with Gasteiger partial charge in [0, 0.05) is 22.4 Å². The van der Waals surface area contributed by atoms with Crippen molar-refractivity contribution in [3.05, 3.63) is 52.8 Å². The van der Waals surface area contributed by atoms with Crippen molar-refractivity contribution in [3.63, 3.8) is 0 Å². The minimum Gasteiger partial charge on any atom is -0.435 e. The van der Waals surface area contributed by atoms with E-state index in [1.54, 1.807) is 18.2 Å². The van der Waals surface area contributed by atoms with E-state index in [-0.39, 0.29) is 11.4 Å². The van der Waals surface area contributed by atoms with Crippen molar-refractivity contribution >= 4 is 27.5 Å². The summed E-state index contributed by atoms with van der Waals surface area (Å²) < 4.78 is 29.2. The number of carbonyl (C=O) groups is 1. The Labute approximate surface area is 121 Å². The van der Waals surface area contributed by atoms with Crippen molar-refractivity contribution < 1.29 is 18.3 Å². The molecule has 1 aromatic heterocycles. The lowest BCUT2D eigenvalue weighted by atomic mass is 10.3. The van der Waals surface area contributed by atoms with Crippen LogP contribution in [0, 0.1) is 0 Å². The molecule has 0 aliphatic carbocycles. The van der Waals surface area contributed by atoms with Crippen LogP contribution in [0.1, 0.15) is 10.5 Å². The summed E-state index contributed by atoms with van der Waals surface area (Å²) in [4.78, 5) is 15.8. The number of ether oxygens (including phenoxy) is 1. The van der Waals surface area contributed by atoms with E-state index in [0.717, 1.165) is 4.47 Å².